The number of ether oxygens (including phenoxy) is 2. The Hall–Kier alpha value is -3.80. The van der Waals surface area contributed by atoms with Crippen molar-refractivity contribution in [1.82, 2.24) is 9.78 Å². The van der Waals surface area contributed by atoms with Crippen molar-refractivity contribution in [1.29, 1.82) is 0 Å². The number of nitro benzene ring substituents is 1. The van der Waals surface area contributed by atoms with Crippen LogP contribution in [0.5, 0.6) is 17.2 Å². The lowest BCUT2D eigenvalue weighted by atomic mass is 10.2. The van der Waals surface area contributed by atoms with Crippen LogP contribution in [0, 0.1) is 17.0 Å². The van der Waals surface area contributed by atoms with E-state index in [4.69, 9.17) is 21.1 Å². The fourth-order valence-electron chi connectivity index (χ4n) is 2.80. The van der Waals surface area contributed by atoms with Gasteiger partial charge < -0.3 is 14.8 Å². The Morgan fingerprint density at radius 2 is 1.82 bits per heavy atom. The number of benzene rings is 2. The van der Waals surface area contributed by atoms with Gasteiger partial charge in [0.1, 0.15) is 23.8 Å². The van der Waals surface area contributed by atoms with Crippen LogP contribution in [0.2, 0.25) is 5.02 Å². The minimum atomic E-state index is -4.78. The number of halogens is 4. The molecule has 0 fully saturated rings. The van der Waals surface area contributed by atoms with Crippen LogP contribution in [0.3, 0.4) is 0 Å². The van der Waals surface area contributed by atoms with Crippen molar-refractivity contribution in [2.45, 2.75) is 19.6 Å². The van der Waals surface area contributed by atoms with Crippen molar-refractivity contribution in [2.24, 2.45) is 0 Å². The summed E-state index contributed by atoms with van der Waals surface area (Å²) < 4.78 is 50.4. The van der Waals surface area contributed by atoms with Crippen LogP contribution in [0.25, 0.3) is 0 Å². The Kier molecular flexibility index (Phi) is 6.77. The second kappa shape index (κ2) is 9.36. The van der Waals surface area contributed by atoms with Crippen LogP contribution in [-0.2, 0) is 17.5 Å². The van der Waals surface area contributed by atoms with Crippen LogP contribution in [0.15, 0.2) is 42.5 Å². The molecule has 0 radical (unpaired) electrons. The molecular weight excluding hydrogens is 469 g/mol. The molecule has 0 aliphatic heterocycles. The summed E-state index contributed by atoms with van der Waals surface area (Å²) in [6.07, 6.45) is -4.78. The Morgan fingerprint density at radius 1 is 1.18 bits per heavy atom. The third-order valence-electron chi connectivity index (χ3n) is 4.38. The minimum Gasteiger partial charge on any atom is -0.497 e. The number of hydrogen-bond acceptors (Lipinski definition) is 6. The first-order chi connectivity index (χ1) is 15.5. The molecule has 0 unspecified atom stereocenters. The van der Waals surface area contributed by atoms with Gasteiger partial charge in [-0.15, -0.1) is 0 Å². The average Bonchev–Trinajstić information content (AvgIpc) is 3.02. The number of nitro groups is 1. The molecular formula is C20H16ClF3N4O5. The van der Waals surface area contributed by atoms with E-state index in [1.807, 2.05) is 0 Å². The number of methoxy groups -OCH3 is 1. The van der Waals surface area contributed by atoms with Gasteiger partial charge in [0.2, 0.25) is 5.91 Å². The van der Waals surface area contributed by atoms with Gasteiger partial charge in [0.15, 0.2) is 5.69 Å². The first kappa shape index (κ1) is 23.9. The van der Waals surface area contributed by atoms with Gasteiger partial charge in [-0.05, 0) is 31.2 Å². The van der Waals surface area contributed by atoms with E-state index in [9.17, 15) is 28.1 Å². The number of amides is 1. The molecule has 33 heavy (non-hydrogen) atoms. The van der Waals surface area contributed by atoms with Gasteiger partial charge in [-0.2, -0.15) is 18.3 Å². The molecule has 9 nitrogen and oxygen atoms in total. The molecule has 13 heteroatoms. The summed E-state index contributed by atoms with van der Waals surface area (Å²) in [7, 11) is 1.49. The summed E-state index contributed by atoms with van der Waals surface area (Å²) in [5.41, 5.74) is -1.72. The molecule has 174 valence electrons. The number of hydrogen-bond donors (Lipinski definition) is 1. The van der Waals surface area contributed by atoms with E-state index in [1.165, 1.54) is 20.1 Å². The van der Waals surface area contributed by atoms with Crippen LogP contribution in [0.4, 0.5) is 24.5 Å². The highest BCUT2D eigenvalue weighted by Gasteiger charge is 2.38. The molecule has 3 rings (SSSR count). The monoisotopic (exact) mass is 484 g/mol. The van der Waals surface area contributed by atoms with E-state index < -0.39 is 34.3 Å². The number of alkyl halides is 3. The highest BCUT2D eigenvalue weighted by Crippen LogP contribution is 2.35. The van der Waals surface area contributed by atoms with E-state index >= 15 is 0 Å². The molecule has 0 saturated heterocycles. The second-order valence-electron chi connectivity index (χ2n) is 6.70. The number of carbonyl (C=O) groups is 1. The maximum absolute atomic E-state index is 13.0. The normalized spacial score (nSPS) is 11.2. The van der Waals surface area contributed by atoms with Crippen molar-refractivity contribution in [2.75, 3.05) is 12.4 Å². The van der Waals surface area contributed by atoms with Crippen molar-refractivity contribution >= 4 is 28.9 Å². The van der Waals surface area contributed by atoms with E-state index in [-0.39, 0.29) is 22.8 Å². The van der Waals surface area contributed by atoms with E-state index in [0.29, 0.717) is 11.5 Å². The average molecular weight is 485 g/mol. The van der Waals surface area contributed by atoms with Crippen molar-refractivity contribution < 1.29 is 32.4 Å². The molecule has 0 aliphatic rings. The van der Waals surface area contributed by atoms with Crippen LogP contribution < -0.4 is 14.8 Å². The summed E-state index contributed by atoms with van der Waals surface area (Å²) in [6, 6.07) is 10.00. The largest absolute Gasteiger partial charge is 0.497 e. The zero-order valence-electron chi connectivity index (χ0n) is 17.1. The maximum Gasteiger partial charge on any atom is 0.436 e. The molecule has 1 amide bonds. The summed E-state index contributed by atoms with van der Waals surface area (Å²) in [4.78, 5) is 23.0. The highest BCUT2D eigenvalue weighted by molar-refractivity contribution is 6.32. The van der Waals surface area contributed by atoms with Gasteiger partial charge >= 0.3 is 6.18 Å². The number of carbonyl (C=O) groups excluding carboxylic acids is 1. The molecule has 1 N–H and O–H groups in total. The molecule has 1 heterocycles. The molecule has 0 saturated carbocycles. The van der Waals surface area contributed by atoms with E-state index in [1.54, 1.807) is 24.3 Å². The van der Waals surface area contributed by atoms with Crippen molar-refractivity contribution in [3.8, 4) is 17.2 Å². The number of nitrogens with one attached hydrogen (secondary N) is 1. The predicted molar refractivity (Wildman–Crippen MR) is 112 cm³/mol. The molecule has 0 spiro atoms. The fraction of sp³-hybridized carbons (Fsp3) is 0.200. The number of non-ortho nitro benzene ring substituents is 1. The van der Waals surface area contributed by atoms with Crippen molar-refractivity contribution in [3.63, 3.8) is 0 Å². The zero-order chi connectivity index (χ0) is 24.3. The van der Waals surface area contributed by atoms with Gasteiger partial charge in [-0.3, -0.25) is 19.6 Å². The van der Waals surface area contributed by atoms with Gasteiger partial charge in [0, 0.05) is 12.1 Å². The predicted octanol–water partition coefficient (Wildman–Crippen LogP) is 5.21. The quantitative estimate of drug-likeness (QED) is 0.364. The lowest BCUT2D eigenvalue weighted by molar-refractivity contribution is -0.384. The Balaban J connectivity index is 1.81. The summed E-state index contributed by atoms with van der Waals surface area (Å²) >= 11 is 5.68. The Bertz CT molecular complexity index is 1200. The number of aromatic nitrogens is 2. The highest BCUT2D eigenvalue weighted by atomic mass is 35.5. The summed E-state index contributed by atoms with van der Waals surface area (Å²) in [6.45, 7) is 0.686. The lowest BCUT2D eigenvalue weighted by Crippen LogP contribution is -2.21. The van der Waals surface area contributed by atoms with Gasteiger partial charge in [0.05, 0.1) is 34.5 Å². The van der Waals surface area contributed by atoms with Gasteiger partial charge in [0.25, 0.3) is 5.69 Å². The molecule has 0 atom stereocenters. The lowest BCUT2D eigenvalue weighted by Gasteiger charge is -2.10. The Labute approximate surface area is 189 Å². The number of rotatable bonds is 7. The second-order valence-corrected chi connectivity index (χ2v) is 7.08. The third kappa shape index (κ3) is 5.71. The Morgan fingerprint density at radius 3 is 2.36 bits per heavy atom. The van der Waals surface area contributed by atoms with Crippen LogP contribution >= 0.6 is 11.6 Å². The summed E-state index contributed by atoms with van der Waals surface area (Å²) in [5, 5.41) is 16.4. The molecule has 0 aliphatic carbocycles. The number of nitrogens with zero attached hydrogens (tertiary/aromatic N) is 3. The van der Waals surface area contributed by atoms with Gasteiger partial charge in [-0.1, -0.05) is 11.6 Å². The van der Waals surface area contributed by atoms with Crippen molar-refractivity contribution in [3.05, 3.63) is 69.0 Å². The SMILES string of the molecule is COc1ccc(Oc2cc(NC(=O)Cn3nc(C(F)(F)F)c(Cl)c3C)cc([N+](=O)[O-])c2)cc1. The molecule has 3 aromatic rings. The van der Waals surface area contributed by atoms with E-state index in [2.05, 4.69) is 10.4 Å². The third-order valence-corrected chi connectivity index (χ3v) is 4.83. The molecule has 0 bridgehead atoms. The fourth-order valence-corrected chi connectivity index (χ4v) is 3.04. The zero-order valence-corrected chi connectivity index (χ0v) is 17.9. The van der Waals surface area contributed by atoms with E-state index in [0.717, 1.165) is 16.8 Å². The topological polar surface area (TPSA) is 109 Å². The molecule has 2 aromatic carbocycles. The first-order valence-corrected chi connectivity index (χ1v) is 9.57. The smallest absolute Gasteiger partial charge is 0.436 e. The van der Waals surface area contributed by atoms with Crippen LogP contribution in [0.1, 0.15) is 11.4 Å². The summed E-state index contributed by atoms with van der Waals surface area (Å²) in [5.74, 6) is 0.219. The maximum atomic E-state index is 13.0. The minimum absolute atomic E-state index is 0.00432. The van der Waals surface area contributed by atoms with Gasteiger partial charge in [-0.25, -0.2) is 0 Å². The standard InChI is InChI=1S/C20H16ClF3N4O5/c1-11-18(21)19(20(22,23)24)26-27(11)10-17(29)25-12-7-13(28(30)31)9-16(8-12)33-15-5-3-14(32-2)4-6-15/h3-9H,10H2,1-2H3,(H,25,29). The number of anilines is 1. The first-order valence-electron chi connectivity index (χ1n) is 9.19. The molecule has 1 aromatic heterocycles. The van der Waals surface area contributed by atoms with Crippen LogP contribution in [-0.4, -0.2) is 27.7 Å².